The van der Waals surface area contributed by atoms with Crippen LogP contribution in [-0.2, 0) is 22.7 Å². The standard InChI is InChI=1S/C19H29N3O2.ClH/c20-12-6-2-1-3-10-18(23)21-13-7-11-19(24)22-14-16-8-4-5-9-17(16)15-22;/h4-5,8-9H,1-3,6-7,10-15,20H2,(H,21,23);1H. The number of amides is 2. The van der Waals surface area contributed by atoms with Gasteiger partial charge in [0, 0.05) is 32.5 Å². The number of fused-ring (bicyclic) bond motifs is 1. The Kier molecular flexibility index (Phi) is 10.2. The van der Waals surface area contributed by atoms with Crippen LogP contribution in [0.4, 0.5) is 0 Å². The van der Waals surface area contributed by atoms with Crippen LogP contribution in [0.25, 0.3) is 0 Å². The molecule has 1 aromatic carbocycles. The second-order valence-electron chi connectivity index (χ2n) is 6.42. The molecule has 0 aromatic heterocycles. The summed E-state index contributed by atoms with van der Waals surface area (Å²) in [5, 5.41) is 2.90. The molecule has 140 valence electrons. The van der Waals surface area contributed by atoms with E-state index >= 15 is 0 Å². The molecule has 25 heavy (non-hydrogen) atoms. The van der Waals surface area contributed by atoms with Crippen molar-refractivity contribution in [2.75, 3.05) is 13.1 Å². The number of halogens is 1. The van der Waals surface area contributed by atoms with Gasteiger partial charge in [-0.05, 0) is 36.9 Å². The average Bonchev–Trinajstić information content (AvgIpc) is 3.02. The Labute approximate surface area is 156 Å². The van der Waals surface area contributed by atoms with Crippen LogP contribution in [0.2, 0.25) is 0 Å². The second kappa shape index (κ2) is 11.9. The van der Waals surface area contributed by atoms with Crippen molar-refractivity contribution in [3.05, 3.63) is 35.4 Å². The molecular weight excluding hydrogens is 338 g/mol. The minimum atomic E-state index is 0. The number of carbonyl (C=O) groups excluding carboxylic acids is 2. The van der Waals surface area contributed by atoms with Crippen molar-refractivity contribution < 1.29 is 9.59 Å². The molecule has 2 amide bonds. The van der Waals surface area contributed by atoms with E-state index in [9.17, 15) is 9.59 Å². The third-order valence-corrected chi connectivity index (χ3v) is 4.44. The van der Waals surface area contributed by atoms with E-state index in [2.05, 4.69) is 17.4 Å². The highest BCUT2D eigenvalue weighted by molar-refractivity contribution is 5.85. The topological polar surface area (TPSA) is 75.4 Å². The number of nitrogens with zero attached hydrogens (tertiary/aromatic N) is 1. The highest BCUT2D eigenvalue weighted by atomic mass is 35.5. The third-order valence-electron chi connectivity index (χ3n) is 4.44. The summed E-state index contributed by atoms with van der Waals surface area (Å²) in [6.07, 6.45) is 5.85. The Balaban J connectivity index is 0.00000312. The van der Waals surface area contributed by atoms with Crippen molar-refractivity contribution in [1.29, 1.82) is 0 Å². The molecule has 0 atom stereocenters. The Bertz CT molecular complexity index is 526. The summed E-state index contributed by atoms with van der Waals surface area (Å²) in [4.78, 5) is 25.8. The normalized spacial score (nSPS) is 12.4. The van der Waals surface area contributed by atoms with Crippen molar-refractivity contribution in [2.45, 2.75) is 58.0 Å². The number of nitrogens with one attached hydrogen (secondary N) is 1. The van der Waals surface area contributed by atoms with Gasteiger partial charge in [-0.15, -0.1) is 12.4 Å². The lowest BCUT2D eigenvalue weighted by molar-refractivity contribution is -0.132. The van der Waals surface area contributed by atoms with Gasteiger partial charge >= 0.3 is 0 Å². The van der Waals surface area contributed by atoms with Gasteiger partial charge in [0.1, 0.15) is 0 Å². The Morgan fingerprint density at radius 1 is 0.960 bits per heavy atom. The van der Waals surface area contributed by atoms with Crippen LogP contribution in [0.3, 0.4) is 0 Å². The number of hydrogen-bond acceptors (Lipinski definition) is 3. The Morgan fingerprint density at radius 2 is 1.60 bits per heavy atom. The van der Waals surface area contributed by atoms with Gasteiger partial charge in [-0.3, -0.25) is 9.59 Å². The summed E-state index contributed by atoms with van der Waals surface area (Å²) in [6, 6.07) is 8.18. The number of carbonyl (C=O) groups is 2. The van der Waals surface area contributed by atoms with E-state index in [0.717, 1.165) is 32.2 Å². The molecule has 3 N–H and O–H groups in total. The zero-order valence-electron chi connectivity index (χ0n) is 14.8. The SMILES string of the molecule is Cl.NCCCCCCC(=O)NCCCC(=O)N1Cc2ccccc2C1. The molecule has 1 heterocycles. The smallest absolute Gasteiger partial charge is 0.223 e. The lowest BCUT2D eigenvalue weighted by Gasteiger charge is -2.15. The van der Waals surface area contributed by atoms with E-state index in [1.807, 2.05) is 17.0 Å². The monoisotopic (exact) mass is 367 g/mol. The molecule has 0 bridgehead atoms. The summed E-state index contributed by atoms with van der Waals surface area (Å²) in [7, 11) is 0. The molecule has 1 aromatic rings. The molecule has 0 unspecified atom stereocenters. The van der Waals surface area contributed by atoms with Crippen molar-refractivity contribution in [3.8, 4) is 0 Å². The fourth-order valence-corrected chi connectivity index (χ4v) is 3.01. The largest absolute Gasteiger partial charge is 0.356 e. The minimum Gasteiger partial charge on any atom is -0.356 e. The molecule has 5 nitrogen and oxygen atoms in total. The van der Waals surface area contributed by atoms with Crippen LogP contribution in [0.1, 0.15) is 56.1 Å². The van der Waals surface area contributed by atoms with Gasteiger partial charge in [0.25, 0.3) is 0 Å². The highest BCUT2D eigenvalue weighted by Gasteiger charge is 2.22. The summed E-state index contributed by atoms with van der Waals surface area (Å²) < 4.78 is 0. The zero-order valence-corrected chi connectivity index (χ0v) is 15.7. The van der Waals surface area contributed by atoms with Gasteiger partial charge in [0.05, 0.1) is 0 Å². The van der Waals surface area contributed by atoms with E-state index in [0.29, 0.717) is 38.9 Å². The second-order valence-corrected chi connectivity index (χ2v) is 6.42. The fourth-order valence-electron chi connectivity index (χ4n) is 3.01. The predicted octanol–water partition coefficient (Wildman–Crippen LogP) is 2.76. The molecule has 0 saturated heterocycles. The Morgan fingerprint density at radius 3 is 2.24 bits per heavy atom. The first-order valence-corrected chi connectivity index (χ1v) is 9.02. The molecule has 1 aliphatic rings. The summed E-state index contributed by atoms with van der Waals surface area (Å²) in [5.74, 6) is 0.256. The molecule has 0 radical (unpaired) electrons. The highest BCUT2D eigenvalue weighted by Crippen LogP contribution is 2.22. The first-order valence-electron chi connectivity index (χ1n) is 9.02. The summed E-state index contributed by atoms with van der Waals surface area (Å²) in [5.41, 5.74) is 7.92. The van der Waals surface area contributed by atoms with Gasteiger partial charge in [0.15, 0.2) is 0 Å². The zero-order chi connectivity index (χ0) is 17.2. The van der Waals surface area contributed by atoms with E-state index in [4.69, 9.17) is 5.73 Å². The van der Waals surface area contributed by atoms with Gasteiger partial charge in [0.2, 0.25) is 11.8 Å². The average molecular weight is 368 g/mol. The number of benzene rings is 1. The maximum Gasteiger partial charge on any atom is 0.223 e. The van der Waals surface area contributed by atoms with E-state index < -0.39 is 0 Å². The Hall–Kier alpha value is -1.59. The van der Waals surface area contributed by atoms with Crippen LogP contribution >= 0.6 is 12.4 Å². The number of hydrogen-bond donors (Lipinski definition) is 2. The van der Waals surface area contributed by atoms with Crippen molar-refractivity contribution in [3.63, 3.8) is 0 Å². The van der Waals surface area contributed by atoms with Gasteiger partial charge < -0.3 is 16.0 Å². The first kappa shape index (κ1) is 21.5. The molecule has 0 aliphatic carbocycles. The van der Waals surface area contributed by atoms with Crippen molar-refractivity contribution >= 4 is 24.2 Å². The number of unbranched alkanes of at least 4 members (excludes halogenated alkanes) is 3. The molecule has 2 rings (SSSR count). The van der Waals surface area contributed by atoms with Gasteiger partial charge in [-0.25, -0.2) is 0 Å². The summed E-state index contributed by atoms with van der Waals surface area (Å²) in [6.45, 7) is 2.73. The van der Waals surface area contributed by atoms with E-state index in [1.165, 1.54) is 11.1 Å². The minimum absolute atomic E-state index is 0. The molecule has 1 aliphatic heterocycles. The van der Waals surface area contributed by atoms with Crippen LogP contribution < -0.4 is 11.1 Å². The quantitative estimate of drug-likeness (QED) is 0.624. The number of rotatable bonds is 10. The molecule has 6 heteroatoms. The lowest BCUT2D eigenvalue weighted by Crippen LogP contribution is -2.28. The first-order chi connectivity index (χ1) is 11.7. The third kappa shape index (κ3) is 7.45. The van der Waals surface area contributed by atoms with Crippen LogP contribution in [0.5, 0.6) is 0 Å². The molecule has 0 saturated carbocycles. The maximum absolute atomic E-state index is 12.2. The van der Waals surface area contributed by atoms with Crippen LogP contribution in [0, 0.1) is 0 Å². The van der Waals surface area contributed by atoms with Gasteiger partial charge in [-0.1, -0.05) is 37.1 Å². The molecule has 0 fully saturated rings. The van der Waals surface area contributed by atoms with E-state index in [1.54, 1.807) is 0 Å². The lowest BCUT2D eigenvalue weighted by atomic mass is 10.1. The van der Waals surface area contributed by atoms with Crippen molar-refractivity contribution in [1.82, 2.24) is 10.2 Å². The number of nitrogens with two attached hydrogens (primary N) is 1. The molecule has 0 spiro atoms. The van der Waals surface area contributed by atoms with Crippen LogP contribution in [0.15, 0.2) is 24.3 Å². The van der Waals surface area contributed by atoms with Gasteiger partial charge in [-0.2, -0.15) is 0 Å². The predicted molar refractivity (Wildman–Crippen MR) is 102 cm³/mol. The maximum atomic E-state index is 12.2. The van der Waals surface area contributed by atoms with Crippen molar-refractivity contribution in [2.24, 2.45) is 5.73 Å². The summed E-state index contributed by atoms with van der Waals surface area (Å²) >= 11 is 0. The van der Waals surface area contributed by atoms with Crippen LogP contribution in [-0.4, -0.2) is 29.8 Å². The fraction of sp³-hybridized carbons (Fsp3) is 0.579. The van der Waals surface area contributed by atoms with E-state index in [-0.39, 0.29) is 24.2 Å². The molecular formula is C19H30ClN3O2.